The van der Waals surface area contributed by atoms with Gasteiger partial charge in [-0.2, -0.15) is 5.10 Å². The third kappa shape index (κ3) is 5.44. The second kappa shape index (κ2) is 10.6. The first-order chi connectivity index (χ1) is 17.9. The molecule has 1 aromatic carbocycles. The lowest BCUT2D eigenvalue weighted by Crippen LogP contribution is -2.55. The van der Waals surface area contributed by atoms with Crippen molar-refractivity contribution in [1.82, 2.24) is 19.7 Å². The van der Waals surface area contributed by atoms with Crippen LogP contribution in [-0.4, -0.2) is 80.7 Å². The highest BCUT2D eigenvalue weighted by Gasteiger charge is 2.48. The van der Waals surface area contributed by atoms with E-state index in [2.05, 4.69) is 9.71 Å². The van der Waals surface area contributed by atoms with E-state index in [-0.39, 0.29) is 11.3 Å². The standard InChI is InChI=1S/C25H33N7O5S/c1-25(2)31(19-10-11-27-20(16-19)37-14-13-36-5)24-21(23(26)33)22(28-32(24)25)17-6-8-18(9-7-17)29-38(34,35)15-12-30(3)4/h6-11,16,29H,12-15H2,1-5H3,(H2,26,33). The number of pyridine rings is 1. The van der Waals surface area contributed by atoms with Crippen LogP contribution in [0.4, 0.5) is 17.2 Å². The molecule has 204 valence electrons. The zero-order chi connectivity index (χ0) is 27.7. The highest BCUT2D eigenvalue weighted by Crippen LogP contribution is 2.50. The van der Waals surface area contributed by atoms with Gasteiger partial charge in [-0.3, -0.25) is 9.52 Å². The molecule has 4 rings (SSSR count). The summed E-state index contributed by atoms with van der Waals surface area (Å²) in [5.74, 6) is 0.332. The first-order valence-electron chi connectivity index (χ1n) is 12.0. The highest BCUT2D eigenvalue weighted by atomic mass is 32.2. The fourth-order valence-corrected chi connectivity index (χ4v) is 5.45. The van der Waals surface area contributed by atoms with E-state index < -0.39 is 21.6 Å². The van der Waals surface area contributed by atoms with Crippen molar-refractivity contribution in [3.63, 3.8) is 0 Å². The van der Waals surface area contributed by atoms with E-state index in [4.69, 9.17) is 20.3 Å². The van der Waals surface area contributed by atoms with Gasteiger partial charge in [0.05, 0.1) is 18.0 Å². The van der Waals surface area contributed by atoms with Crippen LogP contribution in [0, 0.1) is 0 Å². The number of sulfonamides is 1. The molecule has 0 atom stereocenters. The summed E-state index contributed by atoms with van der Waals surface area (Å²) in [6.07, 6.45) is 1.63. The number of hydrogen-bond donors (Lipinski definition) is 2. The van der Waals surface area contributed by atoms with Gasteiger partial charge in [-0.15, -0.1) is 0 Å². The molecule has 13 heteroatoms. The lowest BCUT2D eigenvalue weighted by atomic mass is 10.0. The summed E-state index contributed by atoms with van der Waals surface area (Å²) in [7, 11) is 1.72. The lowest BCUT2D eigenvalue weighted by molar-refractivity contribution is 0.0999. The second-order valence-corrected chi connectivity index (χ2v) is 11.5. The average Bonchev–Trinajstić information content (AvgIpc) is 3.21. The molecule has 0 saturated carbocycles. The number of fused-ring (bicyclic) bond motifs is 1. The van der Waals surface area contributed by atoms with Crippen molar-refractivity contribution in [3.05, 3.63) is 48.2 Å². The van der Waals surface area contributed by atoms with Gasteiger partial charge in [0.1, 0.15) is 29.3 Å². The number of primary amides is 1. The minimum atomic E-state index is -3.50. The monoisotopic (exact) mass is 543 g/mol. The number of carbonyl (C=O) groups excluding carboxylic acids is 1. The summed E-state index contributed by atoms with van der Waals surface area (Å²) in [5.41, 5.74) is 7.73. The SMILES string of the molecule is COCCOc1cc(N2c3c(C(N)=O)c(-c4ccc(NS(=O)(=O)CCN(C)C)cc4)nn3C2(C)C)ccn1. The molecule has 0 fully saturated rings. The van der Waals surface area contributed by atoms with Crippen molar-refractivity contribution in [3.8, 4) is 17.1 Å². The smallest absolute Gasteiger partial charge is 0.254 e. The molecule has 0 saturated heterocycles. The van der Waals surface area contributed by atoms with Crippen molar-refractivity contribution >= 4 is 33.1 Å². The molecule has 0 radical (unpaired) electrons. The van der Waals surface area contributed by atoms with Crippen LogP contribution in [0.25, 0.3) is 11.3 Å². The molecule has 0 unspecified atom stereocenters. The zero-order valence-electron chi connectivity index (χ0n) is 22.1. The van der Waals surface area contributed by atoms with E-state index in [1.165, 1.54) is 0 Å². The van der Waals surface area contributed by atoms with E-state index in [0.29, 0.717) is 48.4 Å². The predicted octanol–water partition coefficient (Wildman–Crippen LogP) is 2.22. The minimum Gasteiger partial charge on any atom is -0.475 e. The summed E-state index contributed by atoms with van der Waals surface area (Å²) in [6.45, 7) is 5.13. The van der Waals surface area contributed by atoms with Crippen LogP contribution in [0.5, 0.6) is 5.88 Å². The Morgan fingerprint density at radius 3 is 2.50 bits per heavy atom. The molecular formula is C25H33N7O5S. The Hall–Kier alpha value is -3.68. The summed E-state index contributed by atoms with van der Waals surface area (Å²) in [4.78, 5) is 20.7. The van der Waals surface area contributed by atoms with Crippen molar-refractivity contribution < 1.29 is 22.7 Å². The van der Waals surface area contributed by atoms with Crippen LogP contribution in [-0.2, 0) is 20.4 Å². The number of ether oxygens (including phenoxy) is 2. The van der Waals surface area contributed by atoms with Gasteiger partial charge < -0.3 is 25.0 Å². The molecule has 0 aliphatic carbocycles. The van der Waals surface area contributed by atoms with E-state index >= 15 is 0 Å². The summed E-state index contributed by atoms with van der Waals surface area (Å²) in [5, 5.41) is 4.72. The number of rotatable bonds is 12. The number of amides is 1. The van der Waals surface area contributed by atoms with Gasteiger partial charge >= 0.3 is 0 Å². The van der Waals surface area contributed by atoms with Crippen LogP contribution < -0.4 is 20.1 Å². The maximum Gasteiger partial charge on any atom is 0.254 e. The Kier molecular flexibility index (Phi) is 7.63. The molecule has 3 N–H and O–H groups in total. The Morgan fingerprint density at radius 1 is 1.16 bits per heavy atom. The largest absolute Gasteiger partial charge is 0.475 e. The van der Waals surface area contributed by atoms with Crippen molar-refractivity contribution in [2.45, 2.75) is 19.5 Å². The maximum absolute atomic E-state index is 12.7. The Morgan fingerprint density at radius 2 is 1.87 bits per heavy atom. The molecule has 1 amide bonds. The molecule has 2 aromatic heterocycles. The number of nitrogens with zero attached hydrogens (tertiary/aromatic N) is 5. The fraction of sp³-hybridized carbons (Fsp3) is 0.400. The van der Waals surface area contributed by atoms with Crippen molar-refractivity contribution in [2.75, 3.05) is 56.3 Å². The molecule has 12 nitrogen and oxygen atoms in total. The van der Waals surface area contributed by atoms with Gasteiger partial charge in [-0.25, -0.2) is 18.1 Å². The van der Waals surface area contributed by atoms with Gasteiger partial charge in [0.2, 0.25) is 15.9 Å². The van der Waals surface area contributed by atoms with Gasteiger partial charge in [-0.1, -0.05) is 12.1 Å². The van der Waals surface area contributed by atoms with Gasteiger partial charge in [-0.05, 0) is 46.1 Å². The minimum absolute atomic E-state index is 0.0274. The number of methoxy groups -OCH3 is 1. The Bertz CT molecular complexity index is 1420. The van der Waals surface area contributed by atoms with Gasteiger partial charge in [0, 0.05) is 37.2 Å². The van der Waals surface area contributed by atoms with Gasteiger partial charge in [0.15, 0.2) is 0 Å². The van der Waals surface area contributed by atoms with Crippen LogP contribution in [0.15, 0.2) is 42.6 Å². The average molecular weight is 544 g/mol. The topological polar surface area (TPSA) is 145 Å². The predicted molar refractivity (Wildman–Crippen MR) is 145 cm³/mol. The second-order valence-electron chi connectivity index (χ2n) is 9.65. The molecule has 0 spiro atoms. The first-order valence-corrected chi connectivity index (χ1v) is 13.7. The number of anilines is 3. The Balaban J connectivity index is 1.65. The molecule has 0 bridgehead atoms. The fourth-order valence-electron chi connectivity index (χ4n) is 4.25. The number of hydrogen-bond acceptors (Lipinski definition) is 9. The zero-order valence-corrected chi connectivity index (χ0v) is 22.9. The maximum atomic E-state index is 12.7. The highest BCUT2D eigenvalue weighted by molar-refractivity contribution is 7.92. The lowest BCUT2D eigenvalue weighted by Gasteiger charge is -2.50. The number of aromatic nitrogens is 3. The van der Waals surface area contributed by atoms with E-state index in [9.17, 15) is 13.2 Å². The normalized spacial score (nSPS) is 14.2. The number of carbonyl (C=O) groups is 1. The molecule has 38 heavy (non-hydrogen) atoms. The summed E-state index contributed by atoms with van der Waals surface area (Å²) in [6, 6.07) is 10.3. The van der Waals surface area contributed by atoms with Crippen molar-refractivity contribution in [2.24, 2.45) is 5.73 Å². The molecule has 3 heterocycles. The third-order valence-electron chi connectivity index (χ3n) is 6.14. The quantitative estimate of drug-likeness (QED) is 0.328. The molecule has 1 aliphatic heterocycles. The molecule has 1 aliphatic rings. The Labute approximate surface area is 222 Å². The van der Waals surface area contributed by atoms with E-state index in [1.54, 1.807) is 53.2 Å². The number of benzene rings is 1. The van der Waals surface area contributed by atoms with Crippen molar-refractivity contribution in [1.29, 1.82) is 0 Å². The van der Waals surface area contributed by atoms with Crippen LogP contribution in [0.2, 0.25) is 0 Å². The summed E-state index contributed by atoms with van der Waals surface area (Å²) >= 11 is 0. The summed E-state index contributed by atoms with van der Waals surface area (Å²) < 4.78 is 39.7. The van der Waals surface area contributed by atoms with E-state index in [1.807, 2.05) is 38.9 Å². The number of nitrogens with one attached hydrogen (secondary N) is 1. The number of nitrogens with two attached hydrogens (primary N) is 1. The van der Waals surface area contributed by atoms with Crippen LogP contribution >= 0.6 is 0 Å². The molecule has 3 aromatic rings. The first kappa shape index (κ1) is 27.4. The van der Waals surface area contributed by atoms with Gasteiger partial charge in [0.25, 0.3) is 5.91 Å². The molecular weight excluding hydrogens is 510 g/mol. The third-order valence-corrected chi connectivity index (χ3v) is 7.40. The van der Waals surface area contributed by atoms with Crippen LogP contribution in [0.3, 0.4) is 0 Å². The van der Waals surface area contributed by atoms with E-state index in [0.717, 1.165) is 5.69 Å². The van der Waals surface area contributed by atoms with Crippen LogP contribution in [0.1, 0.15) is 24.2 Å².